The molecule has 0 atom stereocenters. The summed E-state index contributed by atoms with van der Waals surface area (Å²) >= 11 is 0. The molecule has 0 spiro atoms. The molecule has 1 radical (unpaired) electrons. The van der Waals surface area contributed by atoms with Crippen LogP contribution in [0.2, 0.25) is 0 Å². The van der Waals surface area contributed by atoms with Gasteiger partial charge in [0.15, 0.2) is 0 Å². The second-order valence-corrected chi connectivity index (χ2v) is 0.316. The predicted molar refractivity (Wildman–Crippen MR) is 18.4 cm³/mol. The van der Waals surface area contributed by atoms with E-state index < -0.39 is 0 Å². The van der Waals surface area contributed by atoms with Gasteiger partial charge in [0.2, 0.25) is 0 Å². The van der Waals surface area contributed by atoms with E-state index in [1.807, 2.05) is 0 Å². The van der Waals surface area contributed by atoms with Gasteiger partial charge in [0.1, 0.15) is 0 Å². The molecule has 0 amide bonds. The van der Waals surface area contributed by atoms with E-state index in [0.29, 0.717) is 0 Å². The minimum Gasteiger partial charge on any atom is -0.426 e. The monoisotopic (exact) mass is 143 g/mol. The molecule has 0 rings (SSSR count). The standard InChI is InChI=1S/C3H4N.Y/c1-3-4-2;/h1-2H2;/q-1;. The zero-order chi connectivity index (χ0) is 3.41. The Bertz CT molecular complexity index is 44.9. The summed E-state index contributed by atoms with van der Waals surface area (Å²) in [6.45, 7) is 3.12. The Morgan fingerprint density at radius 1 is 1.80 bits per heavy atom. The Morgan fingerprint density at radius 3 is 2.00 bits per heavy atom. The summed E-state index contributed by atoms with van der Waals surface area (Å²) in [5.41, 5.74) is 0. The average Bonchev–Trinajstić information content (AvgIpc) is 1.37. The maximum atomic E-state index is 3.12. The summed E-state index contributed by atoms with van der Waals surface area (Å²) in [6.07, 6.45) is 0. The van der Waals surface area contributed by atoms with E-state index >= 15 is 0 Å². The van der Waals surface area contributed by atoms with Gasteiger partial charge in [-0.1, -0.05) is 0 Å². The molecule has 0 bridgehead atoms. The molecule has 1 nitrogen and oxygen atoms in total. The van der Waals surface area contributed by atoms with Crippen molar-refractivity contribution < 1.29 is 32.7 Å². The second-order valence-electron chi connectivity index (χ2n) is 0.316. The molecule has 0 aromatic heterocycles. The van der Waals surface area contributed by atoms with Crippen molar-refractivity contribution in [3.05, 3.63) is 13.6 Å². The Labute approximate surface area is 57.1 Å². The molecule has 0 saturated heterocycles. The third kappa shape index (κ3) is 12.8. The molecule has 0 aliphatic carbocycles. The van der Waals surface area contributed by atoms with Gasteiger partial charge in [-0.3, -0.25) is 5.87 Å². The SMILES string of the molecule is C=C=N[CH2-].[Y]. The van der Waals surface area contributed by atoms with Crippen LogP contribution in [0.25, 0.3) is 0 Å². The maximum Gasteiger partial charge on any atom is 0 e. The fourth-order valence-electron chi connectivity index (χ4n) is 0. The van der Waals surface area contributed by atoms with Crippen molar-refractivity contribution in [2.45, 2.75) is 0 Å². The first-order valence-electron chi connectivity index (χ1n) is 0.893. The molecule has 0 aromatic rings. The quantitative estimate of drug-likeness (QED) is 0.348. The van der Waals surface area contributed by atoms with Crippen molar-refractivity contribution >= 4 is 5.87 Å². The average molecular weight is 143 g/mol. The topological polar surface area (TPSA) is 12.4 Å². The maximum absolute atomic E-state index is 3.12. The van der Waals surface area contributed by atoms with E-state index in [9.17, 15) is 0 Å². The molecule has 0 unspecified atom stereocenters. The molecule has 0 fully saturated rings. The van der Waals surface area contributed by atoms with Crippen LogP contribution in [0.1, 0.15) is 0 Å². The number of hydrogen-bond acceptors (Lipinski definition) is 1. The van der Waals surface area contributed by atoms with Gasteiger partial charge in [-0.2, -0.15) is 7.05 Å². The van der Waals surface area contributed by atoms with E-state index in [0.717, 1.165) is 0 Å². The minimum atomic E-state index is 0. The fraction of sp³-hybridized carbons (Fsp3) is 0. The molecular formula is C3H4NY-. The Hall–Kier alpha value is 0.424. The number of hydrogen-bond donors (Lipinski definition) is 0. The van der Waals surface area contributed by atoms with Crippen molar-refractivity contribution in [2.24, 2.45) is 4.99 Å². The molecule has 0 aliphatic heterocycles. The largest absolute Gasteiger partial charge is 0.426 e. The van der Waals surface area contributed by atoms with Gasteiger partial charge in [-0.25, -0.2) is 0 Å². The van der Waals surface area contributed by atoms with Crippen molar-refractivity contribution in [1.82, 2.24) is 0 Å². The van der Waals surface area contributed by atoms with Crippen molar-refractivity contribution in [3.8, 4) is 0 Å². The first-order chi connectivity index (χ1) is 1.91. The predicted octanol–water partition coefficient (Wildman–Crippen LogP) is 0.631. The molecule has 0 aromatic carbocycles. The van der Waals surface area contributed by atoms with Crippen LogP contribution in [-0.4, -0.2) is 5.87 Å². The number of aliphatic imine (C=N–C) groups is 1. The molecule has 25 valence electrons. The van der Waals surface area contributed by atoms with Gasteiger partial charge in [0.05, 0.1) is 0 Å². The third-order valence-electron chi connectivity index (χ3n) is 0.112. The Kier molecular flexibility index (Phi) is 16.0. The summed E-state index contributed by atoms with van der Waals surface area (Å²) in [6, 6.07) is 0. The van der Waals surface area contributed by atoms with Crippen molar-refractivity contribution in [2.75, 3.05) is 0 Å². The number of rotatable bonds is 0. The first kappa shape index (κ1) is 9.05. The van der Waals surface area contributed by atoms with Crippen molar-refractivity contribution in [3.63, 3.8) is 0 Å². The van der Waals surface area contributed by atoms with Crippen LogP contribution in [-0.2, 0) is 32.7 Å². The van der Waals surface area contributed by atoms with Gasteiger partial charge in [-0.05, 0) is 0 Å². The second kappa shape index (κ2) is 8.83. The van der Waals surface area contributed by atoms with Crippen molar-refractivity contribution in [1.29, 1.82) is 0 Å². The van der Waals surface area contributed by atoms with E-state index in [1.54, 1.807) is 0 Å². The van der Waals surface area contributed by atoms with Crippen LogP contribution < -0.4 is 0 Å². The fourth-order valence-corrected chi connectivity index (χ4v) is 0. The van der Waals surface area contributed by atoms with Gasteiger partial charge >= 0.3 is 0 Å². The smallest absolute Gasteiger partial charge is 0 e. The van der Waals surface area contributed by atoms with Gasteiger partial charge in [-0.15, -0.1) is 6.58 Å². The van der Waals surface area contributed by atoms with Crippen LogP contribution in [0.3, 0.4) is 0 Å². The van der Waals surface area contributed by atoms with Crippen LogP contribution in [0.4, 0.5) is 0 Å². The van der Waals surface area contributed by atoms with E-state index in [4.69, 9.17) is 0 Å². The Morgan fingerprint density at radius 2 is 2.00 bits per heavy atom. The summed E-state index contributed by atoms with van der Waals surface area (Å²) in [7, 11) is 3.06. The Balaban J connectivity index is 0. The van der Waals surface area contributed by atoms with Crippen LogP contribution in [0.5, 0.6) is 0 Å². The van der Waals surface area contributed by atoms with E-state index in [-0.39, 0.29) is 32.7 Å². The summed E-state index contributed by atoms with van der Waals surface area (Å²) in [5, 5.41) is 0. The summed E-state index contributed by atoms with van der Waals surface area (Å²) in [4.78, 5) is 3.12. The zero-order valence-corrected chi connectivity index (χ0v) is 5.78. The van der Waals surface area contributed by atoms with Gasteiger partial charge in [0, 0.05) is 32.7 Å². The van der Waals surface area contributed by atoms with Gasteiger partial charge in [0.25, 0.3) is 0 Å². The minimum absolute atomic E-state index is 0. The summed E-state index contributed by atoms with van der Waals surface area (Å²) in [5.74, 6) is 2.19. The van der Waals surface area contributed by atoms with Gasteiger partial charge < -0.3 is 4.99 Å². The van der Waals surface area contributed by atoms with E-state index in [1.165, 1.54) is 0 Å². The van der Waals surface area contributed by atoms with Crippen LogP contribution >= 0.6 is 0 Å². The zero-order valence-electron chi connectivity index (χ0n) is 2.94. The molecule has 5 heavy (non-hydrogen) atoms. The van der Waals surface area contributed by atoms with Crippen LogP contribution in [0.15, 0.2) is 11.6 Å². The molecule has 0 heterocycles. The molecule has 0 N–H and O–H groups in total. The normalized spacial score (nSPS) is 3.20. The van der Waals surface area contributed by atoms with Crippen LogP contribution in [0, 0.1) is 7.05 Å². The molecular weight excluding hydrogens is 139 g/mol. The molecule has 2 heteroatoms. The summed E-state index contributed by atoms with van der Waals surface area (Å²) < 4.78 is 0. The number of nitrogens with zero attached hydrogens (tertiary/aromatic N) is 1. The molecule has 0 aliphatic rings. The van der Waals surface area contributed by atoms with E-state index in [2.05, 4.69) is 24.5 Å². The first-order valence-corrected chi connectivity index (χ1v) is 0.893. The molecule has 0 saturated carbocycles. The third-order valence-corrected chi connectivity index (χ3v) is 0.112.